The van der Waals surface area contributed by atoms with Gasteiger partial charge in [-0.3, -0.25) is 0 Å². The quantitative estimate of drug-likeness (QED) is 0.344. The fraction of sp³-hybridized carbons (Fsp3) is 0.452. The van der Waals surface area contributed by atoms with Crippen molar-refractivity contribution in [1.29, 1.82) is 21.0 Å². The molecular weight excluding hydrogens is 568 g/mol. The Balaban J connectivity index is 1.78. The fourth-order valence-corrected chi connectivity index (χ4v) is 5.71. The van der Waals surface area contributed by atoms with Gasteiger partial charge in [-0.2, -0.15) is 21.0 Å². The number of benzene rings is 2. The van der Waals surface area contributed by atoms with Gasteiger partial charge in [0.2, 0.25) is 0 Å². The molecule has 228 valence electrons. The Hall–Kier alpha value is -5.21. The van der Waals surface area contributed by atoms with Gasteiger partial charge in [0.25, 0.3) is 0 Å². The molecule has 2 aromatic carbocycles. The summed E-state index contributed by atoms with van der Waals surface area (Å²) in [4.78, 5) is 17.0. The van der Waals surface area contributed by atoms with Crippen molar-refractivity contribution in [2.75, 3.05) is 50.2 Å². The Morgan fingerprint density at radius 1 is 0.682 bits per heavy atom. The summed E-state index contributed by atoms with van der Waals surface area (Å²) in [5.74, 6) is -0.610. The molecule has 0 amide bonds. The maximum absolute atomic E-state index is 13.4. The molecule has 2 heterocycles. The van der Waals surface area contributed by atoms with Crippen molar-refractivity contribution >= 4 is 17.5 Å². The maximum Gasteiger partial charge on any atom is 0.519 e. The Bertz CT molecular complexity index is 1480. The molecule has 4 rings (SSSR count). The highest BCUT2D eigenvalue weighted by atomic mass is 16.7. The summed E-state index contributed by atoms with van der Waals surface area (Å²) >= 11 is 0. The third kappa shape index (κ3) is 6.26. The van der Waals surface area contributed by atoms with Crippen LogP contribution in [0.1, 0.15) is 49.9 Å². The molecule has 4 atom stereocenters. The molecule has 0 aromatic heterocycles. The van der Waals surface area contributed by atoms with E-state index >= 15 is 0 Å². The molecule has 0 bridgehead atoms. The number of nitrogens with zero attached hydrogens (tertiary/aromatic N) is 6. The highest BCUT2D eigenvalue weighted by Crippen LogP contribution is 2.44. The summed E-state index contributed by atoms with van der Waals surface area (Å²) in [6.45, 7) is 9.07. The monoisotopic (exact) mass is 600 g/mol. The smallest absolute Gasteiger partial charge is 0.493 e. The second-order valence-corrected chi connectivity index (χ2v) is 10.6. The minimum atomic E-state index is -1.30. The Labute approximate surface area is 255 Å². The van der Waals surface area contributed by atoms with Gasteiger partial charge in [0.1, 0.15) is 35.4 Å². The zero-order chi connectivity index (χ0) is 32.1. The number of morpholine rings is 2. The number of hydrogen-bond donors (Lipinski definition) is 0. The van der Waals surface area contributed by atoms with E-state index in [0.717, 1.165) is 0 Å². The van der Waals surface area contributed by atoms with Gasteiger partial charge in [0.05, 0.1) is 61.1 Å². The molecule has 44 heavy (non-hydrogen) atoms. The Morgan fingerprint density at radius 3 is 1.30 bits per heavy atom. The second kappa shape index (κ2) is 13.4. The molecule has 13 nitrogen and oxygen atoms in total. The first-order chi connectivity index (χ1) is 21.1. The highest BCUT2D eigenvalue weighted by Gasteiger charge is 2.33. The predicted octanol–water partition coefficient (Wildman–Crippen LogP) is 4.00. The number of carbonyl (C=O) groups excluding carboxylic acids is 1. The summed E-state index contributed by atoms with van der Waals surface area (Å²) in [5.41, 5.74) is 0.630. The van der Waals surface area contributed by atoms with Crippen LogP contribution >= 0.6 is 0 Å². The van der Waals surface area contributed by atoms with E-state index in [1.54, 1.807) is 0 Å². The Morgan fingerprint density at radius 2 is 1.02 bits per heavy atom. The molecule has 2 fully saturated rings. The lowest BCUT2D eigenvalue weighted by Gasteiger charge is -2.38. The van der Waals surface area contributed by atoms with Gasteiger partial charge in [-0.1, -0.05) is 0 Å². The summed E-state index contributed by atoms with van der Waals surface area (Å²) < 4.78 is 33.6. The highest BCUT2D eigenvalue weighted by molar-refractivity contribution is 5.82. The van der Waals surface area contributed by atoms with Crippen LogP contribution in [-0.2, 0) is 9.47 Å². The minimum absolute atomic E-state index is 0.0440. The van der Waals surface area contributed by atoms with Gasteiger partial charge in [0.15, 0.2) is 23.0 Å². The third-order valence-electron chi connectivity index (χ3n) is 7.18. The van der Waals surface area contributed by atoms with E-state index in [9.17, 15) is 25.8 Å². The van der Waals surface area contributed by atoms with Crippen molar-refractivity contribution < 1.29 is 33.2 Å². The predicted molar refractivity (Wildman–Crippen MR) is 156 cm³/mol. The largest absolute Gasteiger partial charge is 0.519 e. The third-order valence-corrected chi connectivity index (χ3v) is 7.18. The lowest BCUT2D eigenvalue weighted by Crippen LogP contribution is -2.46. The van der Waals surface area contributed by atoms with Crippen molar-refractivity contribution in [3.05, 3.63) is 34.4 Å². The SMILES string of the molecule is COc1cc(C#N)c(N2CC(C)OC(C)C2)c(C#N)c1OC(=O)Oc1c(OC)cc(C#N)c(N2CC(C)OC(C)C2)c1C#N. The molecule has 4 unspecified atom stereocenters. The number of carbonyl (C=O) groups is 1. The van der Waals surface area contributed by atoms with Gasteiger partial charge in [-0.25, -0.2) is 4.79 Å². The zero-order valence-corrected chi connectivity index (χ0v) is 25.3. The summed E-state index contributed by atoms with van der Waals surface area (Å²) in [6, 6.07) is 11.1. The lowest BCUT2D eigenvalue weighted by atomic mass is 10.0. The van der Waals surface area contributed by atoms with Crippen molar-refractivity contribution in [2.45, 2.75) is 52.1 Å². The molecule has 0 spiro atoms. The number of nitriles is 4. The molecule has 2 aliphatic heterocycles. The van der Waals surface area contributed by atoms with Gasteiger partial charge in [-0.15, -0.1) is 0 Å². The molecule has 0 aliphatic carbocycles. The standard InChI is InChI=1S/C31H32N6O7/c1-17-13-36(14-18(2)41-17)27-21(9-32)7-25(39-5)29(23(27)11-34)43-31(38)44-30-24(12-35)28(22(10-33)8-26(30)40-6)37-15-19(3)42-20(4)16-37/h7-8,17-20H,13-16H2,1-6H3. The van der Waals surface area contributed by atoms with E-state index < -0.39 is 6.16 Å². The molecular formula is C31H32N6O7. The van der Waals surface area contributed by atoms with E-state index in [1.165, 1.54) is 26.4 Å². The molecule has 0 radical (unpaired) electrons. The maximum atomic E-state index is 13.4. The van der Waals surface area contributed by atoms with Crippen molar-refractivity contribution in [1.82, 2.24) is 0 Å². The van der Waals surface area contributed by atoms with Crippen molar-refractivity contribution in [3.8, 4) is 47.3 Å². The average molecular weight is 601 g/mol. The minimum Gasteiger partial charge on any atom is -0.493 e. The summed E-state index contributed by atoms with van der Waals surface area (Å²) in [6.07, 6.45) is -2.05. The van der Waals surface area contributed by atoms with Crippen LogP contribution < -0.4 is 28.7 Å². The van der Waals surface area contributed by atoms with Gasteiger partial charge >= 0.3 is 6.16 Å². The van der Waals surface area contributed by atoms with E-state index in [0.29, 0.717) is 26.2 Å². The van der Waals surface area contributed by atoms with Crippen LogP contribution in [0, 0.1) is 45.3 Å². The molecule has 0 N–H and O–H groups in total. The van der Waals surface area contributed by atoms with E-state index in [4.69, 9.17) is 28.4 Å². The van der Waals surface area contributed by atoms with Crippen LogP contribution in [0.3, 0.4) is 0 Å². The number of rotatable bonds is 6. The topological polar surface area (TPSA) is 174 Å². The van der Waals surface area contributed by atoms with Crippen LogP contribution in [0.15, 0.2) is 12.1 Å². The van der Waals surface area contributed by atoms with Crippen LogP contribution in [0.2, 0.25) is 0 Å². The number of methoxy groups -OCH3 is 2. The molecule has 0 saturated carbocycles. The van der Waals surface area contributed by atoms with Gasteiger partial charge in [0, 0.05) is 38.3 Å². The molecule has 13 heteroatoms. The van der Waals surface area contributed by atoms with Crippen molar-refractivity contribution in [2.24, 2.45) is 0 Å². The van der Waals surface area contributed by atoms with Gasteiger partial charge in [-0.05, 0) is 27.7 Å². The lowest BCUT2D eigenvalue weighted by molar-refractivity contribution is -0.00552. The number of hydrogen-bond acceptors (Lipinski definition) is 13. The van der Waals surface area contributed by atoms with Crippen LogP contribution in [0.25, 0.3) is 0 Å². The first kappa shape index (κ1) is 31.7. The van der Waals surface area contributed by atoms with Crippen molar-refractivity contribution in [3.63, 3.8) is 0 Å². The first-order valence-electron chi connectivity index (χ1n) is 13.9. The number of anilines is 2. The number of ether oxygens (including phenoxy) is 6. The molecule has 2 saturated heterocycles. The summed E-state index contributed by atoms with van der Waals surface area (Å²) in [5, 5.41) is 40.3. The van der Waals surface area contributed by atoms with E-state index in [2.05, 4.69) is 24.3 Å². The fourth-order valence-electron chi connectivity index (χ4n) is 5.71. The second-order valence-electron chi connectivity index (χ2n) is 10.6. The normalized spacial score (nSPS) is 21.2. The Kier molecular flexibility index (Phi) is 9.66. The molecule has 2 aromatic rings. The zero-order valence-electron chi connectivity index (χ0n) is 25.3. The van der Waals surface area contributed by atoms with Crippen LogP contribution in [0.5, 0.6) is 23.0 Å². The average Bonchev–Trinajstić information content (AvgIpc) is 2.99. The first-order valence-corrected chi connectivity index (χ1v) is 13.9. The summed E-state index contributed by atoms with van der Waals surface area (Å²) in [7, 11) is 2.62. The van der Waals surface area contributed by atoms with E-state index in [-0.39, 0.29) is 81.0 Å². The molecule has 2 aliphatic rings. The van der Waals surface area contributed by atoms with E-state index in [1.807, 2.05) is 37.5 Å². The van der Waals surface area contributed by atoms with Gasteiger partial charge < -0.3 is 38.2 Å². The van der Waals surface area contributed by atoms with Crippen LogP contribution in [-0.4, -0.2) is 71.0 Å². The van der Waals surface area contributed by atoms with Crippen LogP contribution in [0.4, 0.5) is 16.2 Å².